The lowest BCUT2D eigenvalue weighted by Crippen LogP contribution is -3.00. The molecule has 0 radical (unpaired) electrons. The number of nitro benzene ring substituents is 1. The molecule has 0 atom stereocenters. The summed E-state index contributed by atoms with van der Waals surface area (Å²) < 4.78 is 4.66. The van der Waals surface area contributed by atoms with Crippen LogP contribution in [0.2, 0.25) is 0 Å². The van der Waals surface area contributed by atoms with E-state index in [1.54, 1.807) is 12.1 Å². The summed E-state index contributed by atoms with van der Waals surface area (Å²) in [7, 11) is 0. The smallest absolute Gasteiger partial charge is 0.269 e. The molecule has 0 saturated heterocycles. The van der Waals surface area contributed by atoms with Crippen LogP contribution < -0.4 is 21.5 Å². The average Bonchev–Trinajstić information content (AvgIpc) is 3.20. The standard InChI is InChI=1S/C19H18N3O2.BrH/c23-22(24)17-10-8-15(9-11-17)13-20-14-18(16-5-2-1-3-6-16)21-12-4-7-19(20)21;/h1-3,5-6,8-11,14H,4,7,12-13H2;1H/q+1;/p-1. The molecular weight excluding hydrogens is 382 g/mol. The molecule has 0 fully saturated rings. The fourth-order valence-electron chi connectivity index (χ4n) is 3.41. The molecule has 0 unspecified atom stereocenters. The van der Waals surface area contributed by atoms with Crippen LogP contribution in [0.3, 0.4) is 0 Å². The molecular formula is C19H18BrN3O2. The molecule has 128 valence electrons. The zero-order valence-corrected chi connectivity index (χ0v) is 15.2. The van der Waals surface area contributed by atoms with Crippen LogP contribution in [0.4, 0.5) is 5.69 Å². The first kappa shape index (κ1) is 17.4. The Kier molecular flexibility index (Phi) is 4.99. The monoisotopic (exact) mass is 399 g/mol. The zero-order chi connectivity index (χ0) is 16.5. The fourth-order valence-corrected chi connectivity index (χ4v) is 3.41. The Balaban J connectivity index is 0.00000182. The lowest BCUT2D eigenvalue weighted by atomic mass is 10.1. The van der Waals surface area contributed by atoms with Crippen molar-refractivity contribution < 1.29 is 26.5 Å². The van der Waals surface area contributed by atoms with Crippen molar-refractivity contribution in [2.24, 2.45) is 0 Å². The first-order valence-corrected chi connectivity index (χ1v) is 8.13. The topological polar surface area (TPSA) is 52.0 Å². The highest BCUT2D eigenvalue weighted by Gasteiger charge is 2.28. The summed E-state index contributed by atoms with van der Waals surface area (Å²) in [4.78, 5) is 10.4. The van der Waals surface area contributed by atoms with Gasteiger partial charge in [0.05, 0.1) is 17.9 Å². The number of aromatic nitrogens is 2. The van der Waals surface area contributed by atoms with Gasteiger partial charge in [0.2, 0.25) is 0 Å². The summed E-state index contributed by atoms with van der Waals surface area (Å²) in [6.45, 7) is 1.78. The van der Waals surface area contributed by atoms with Gasteiger partial charge in [0.15, 0.2) is 5.69 Å². The van der Waals surface area contributed by atoms with Crippen molar-refractivity contribution in [2.45, 2.75) is 25.9 Å². The molecule has 0 saturated carbocycles. The van der Waals surface area contributed by atoms with E-state index in [1.807, 2.05) is 18.2 Å². The average molecular weight is 400 g/mol. The molecule has 25 heavy (non-hydrogen) atoms. The van der Waals surface area contributed by atoms with Crippen LogP contribution >= 0.6 is 0 Å². The summed E-state index contributed by atoms with van der Waals surface area (Å²) in [6, 6.07) is 17.2. The summed E-state index contributed by atoms with van der Waals surface area (Å²) in [6.07, 6.45) is 4.43. The van der Waals surface area contributed by atoms with Crippen molar-refractivity contribution in [3.63, 3.8) is 0 Å². The second-order valence-corrected chi connectivity index (χ2v) is 6.10. The number of fused-ring (bicyclic) bond motifs is 1. The van der Waals surface area contributed by atoms with Gasteiger partial charge in [0.25, 0.3) is 11.5 Å². The third-order valence-electron chi connectivity index (χ3n) is 4.56. The van der Waals surface area contributed by atoms with E-state index in [0.29, 0.717) is 0 Å². The number of hydrogen-bond donors (Lipinski definition) is 0. The van der Waals surface area contributed by atoms with Gasteiger partial charge in [-0.3, -0.25) is 10.1 Å². The number of rotatable bonds is 4. The van der Waals surface area contributed by atoms with Gasteiger partial charge >= 0.3 is 0 Å². The van der Waals surface area contributed by atoms with Crippen molar-refractivity contribution in [1.82, 2.24) is 4.57 Å². The second-order valence-electron chi connectivity index (χ2n) is 6.10. The number of hydrogen-bond acceptors (Lipinski definition) is 2. The Labute approximate surface area is 156 Å². The van der Waals surface area contributed by atoms with Gasteiger partial charge in [0, 0.05) is 17.7 Å². The Bertz CT molecular complexity index is 889. The van der Waals surface area contributed by atoms with Crippen molar-refractivity contribution in [1.29, 1.82) is 0 Å². The molecule has 0 aliphatic carbocycles. The summed E-state index contributed by atoms with van der Waals surface area (Å²) >= 11 is 0. The minimum absolute atomic E-state index is 0. The first-order chi connectivity index (χ1) is 11.7. The molecule has 1 aliphatic rings. The van der Waals surface area contributed by atoms with Crippen molar-refractivity contribution in [3.8, 4) is 11.3 Å². The summed E-state index contributed by atoms with van der Waals surface area (Å²) in [5.74, 6) is 1.33. The molecule has 0 N–H and O–H groups in total. The molecule has 1 aromatic heterocycles. The van der Waals surface area contributed by atoms with Gasteiger partial charge in [-0.05, 0) is 24.1 Å². The van der Waals surface area contributed by atoms with Crippen LogP contribution in [0.15, 0.2) is 60.8 Å². The van der Waals surface area contributed by atoms with Crippen LogP contribution in [0.25, 0.3) is 11.3 Å². The Hall–Kier alpha value is -2.47. The molecule has 6 heteroatoms. The highest BCUT2D eigenvalue weighted by Crippen LogP contribution is 2.24. The highest BCUT2D eigenvalue weighted by atomic mass is 79.9. The Morgan fingerprint density at radius 2 is 1.80 bits per heavy atom. The molecule has 4 rings (SSSR count). The first-order valence-electron chi connectivity index (χ1n) is 8.13. The quantitative estimate of drug-likeness (QED) is 0.361. The van der Waals surface area contributed by atoms with Gasteiger partial charge in [0.1, 0.15) is 12.7 Å². The number of non-ortho nitro benzene ring substituents is 1. The van der Waals surface area contributed by atoms with Gasteiger partial charge in [-0.2, -0.15) is 0 Å². The SMILES string of the molecule is O=[N+]([O-])c1ccc(C[n+]2cc(-c3ccccc3)n3c2CCC3)cc1.[Br-]. The van der Waals surface area contributed by atoms with E-state index >= 15 is 0 Å². The van der Waals surface area contributed by atoms with Crippen LogP contribution in [0, 0.1) is 10.1 Å². The normalized spacial score (nSPS) is 12.5. The van der Waals surface area contributed by atoms with Crippen molar-refractivity contribution in [3.05, 3.63) is 82.3 Å². The van der Waals surface area contributed by atoms with E-state index in [2.05, 4.69) is 39.6 Å². The fraction of sp³-hybridized carbons (Fsp3) is 0.211. The maximum absolute atomic E-state index is 10.8. The van der Waals surface area contributed by atoms with Crippen LogP contribution in [0.5, 0.6) is 0 Å². The molecule has 2 aromatic carbocycles. The van der Waals surface area contributed by atoms with Crippen LogP contribution in [-0.4, -0.2) is 9.49 Å². The molecule has 0 spiro atoms. The third kappa shape index (κ3) is 3.35. The highest BCUT2D eigenvalue weighted by molar-refractivity contribution is 5.58. The minimum Gasteiger partial charge on any atom is -1.00 e. The third-order valence-corrected chi connectivity index (χ3v) is 4.56. The number of halogens is 1. The van der Waals surface area contributed by atoms with Gasteiger partial charge < -0.3 is 17.0 Å². The van der Waals surface area contributed by atoms with Gasteiger partial charge in [-0.15, -0.1) is 0 Å². The lowest BCUT2D eigenvalue weighted by Gasteiger charge is -2.00. The molecule has 2 heterocycles. The van der Waals surface area contributed by atoms with Crippen molar-refractivity contribution >= 4 is 5.69 Å². The summed E-state index contributed by atoms with van der Waals surface area (Å²) in [5, 5.41) is 10.8. The predicted octanol–water partition coefficient (Wildman–Crippen LogP) is 0.349. The Morgan fingerprint density at radius 3 is 2.48 bits per heavy atom. The molecule has 5 nitrogen and oxygen atoms in total. The van der Waals surface area contributed by atoms with E-state index in [-0.39, 0.29) is 27.6 Å². The Morgan fingerprint density at radius 1 is 1.08 bits per heavy atom. The minimum atomic E-state index is -0.361. The zero-order valence-electron chi connectivity index (χ0n) is 13.6. The van der Waals surface area contributed by atoms with Crippen LogP contribution in [0.1, 0.15) is 17.8 Å². The number of nitrogens with zero attached hydrogens (tertiary/aromatic N) is 3. The largest absolute Gasteiger partial charge is 1.00 e. The molecule has 0 amide bonds. The summed E-state index contributed by atoms with van der Waals surface area (Å²) in [5.41, 5.74) is 3.68. The number of imidazole rings is 1. The van der Waals surface area contributed by atoms with Gasteiger partial charge in [-0.1, -0.05) is 30.3 Å². The van der Waals surface area contributed by atoms with E-state index < -0.39 is 0 Å². The van der Waals surface area contributed by atoms with E-state index in [4.69, 9.17) is 0 Å². The molecule has 1 aliphatic heterocycles. The maximum atomic E-state index is 10.8. The van der Waals surface area contributed by atoms with Gasteiger partial charge in [-0.25, -0.2) is 9.13 Å². The maximum Gasteiger partial charge on any atom is 0.269 e. The molecule has 0 bridgehead atoms. The van der Waals surface area contributed by atoms with Crippen LogP contribution in [-0.2, 0) is 19.5 Å². The predicted molar refractivity (Wildman–Crippen MR) is 90.6 cm³/mol. The van der Waals surface area contributed by atoms with E-state index in [0.717, 1.165) is 31.5 Å². The molecule has 3 aromatic rings. The second kappa shape index (κ2) is 7.19. The van der Waals surface area contributed by atoms with E-state index in [1.165, 1.54) is 17.1 Å². The van der Waals surface area contributed by atoms with E-state index in [9.17, 15) is 10.1 Å². The lowest BCUT2D eigenvalue weighted by molar-refractivity contribution is -0.694. The number of benzene rings is 2. The van der Waals surface area contributed by atoms with Crippen molar-refractivity contribution in [2.75, 3.05) is 0 Å². The number of nitro groups is 1.